The molecule has 2 aromatic rings. The summed E-state index contributed by atoms with van der Waals surface area (Å²) in [6.45, 7) is 5.19. The molecule has 17 heavy (non-hydrogen) atoms. The molecule has 4 heteroatoms. The Bertz CT molecular complexity index is 466. The van der Waals surface area contributed by atoms with Gasteiger partial charge < -0.3 is 9.47 Å². The Morgan fingerprint density at radius 2 is 1.94 bits per heavy atom. The fourth-order valence-corrected chi connectivity index (χ4v) is 1.66. The number of ether oxygens (including phenoxy) is 2. The van der Waals surface area contributed by atoms with Crippen LogP contribution in [0.5, 0.6) is 11.5 Å². The van der Waals surface area contributed by atoms with Crippen molar-refractivity contribution in [3.05, 3.63) is 30.5 Å². The van der Waals surface area contributed by atoms with Gasteiger partial charge in [-0.1, -0.05) is 0 Å². The number of benzene rings is 1. The first kappa shape index (κ1) is 11.5. The Balaban J connectivity index is 2.37. The molecule has 1 aromatic heterocycles. The van der Waals surface area contributed by atoms with Crippen molar-refractivity contribution in [3.63, 3.8) is 0 Å². The van der Waals surface area contributed by atoms with Gasteiger partial charge in [0.05, 0.1) is 18.9 Å². The van der Waals surface area contributed by atoms with Gasteiger partial charge in [0.15, 0.2) is 0 Å². The van der Waals surface area contributed by atoms with Crippen LogP contribution < -0.4 is 9.47 Å². The standard InChI is InChI=1S/C13H16N2O2/c1-3-16-10-5-6-11(12-7-8-14-15-12)13(9-10)17-4-2/h5-9H,3-4H2,1-2H3,(H,14,15). The van der Waals surface area contributed by atoms with Crippen LogP contribution in [0.15, 0.2) is 30.5 Å². The number of rotatable bonds is 5. The number of nitrogens with zero attached hydrogens (tertiary/aromatic N) is 1. The molecule has 0 saturated heterocycles. The minimum Gasteiger partial charge on any atom is -0.494 e. The maximum Gasteiger partial charge on any atom is 0.132 e. The molecule has 0 amide bonds. The minimum absolute atomic E-state index is 0.622. The molecule has 0 aliphatic carbocycles. The van der Waals surface area contributed by atoms with E-state index in [1.165, 1.54) is 0 Å². The summed E-state index contributed by atoms with van der Waals surface area (Å²) in [5.41, 5.74) is 1.93. The van der Waals surface area contributed by atoms with Crippen molar-refractivity contribution >= 4 is 0 Å². The lowest BCUT2D eigenvalue weighted by Gasteiger charge is -2.11. The third-order valence-electron chi connectivity index (χ3n) is 2.35. The monoisotopic (exact) mass is 232 g/mol. The van der Waals surface area contributed by atoms with Crippen LogP contribution in [0.2, 0.25) is 0 Å². The molecule has 1 heterocycles. The molecular formula is C13H16N2O2. The van der Waals surface area contributed by atoms with Gasteiger partial charge in [0.2, 0.25) is 0 Å². The van der Waals surface area contributed by atoms with Crippen molar-refractivity contribution in [2.24, 2.45) is 0 Å². The van der Waals surface area contributed by atoms with E-state index in [1.54, 1.807) is 6.20 Å². The summed E-state index contributed by atoms with van der Waals surface area (Å²) in [5, 5.41) is 6.88. The van der Waals surface area contributed by atoms with Gasteiger partial charge in [0, 0.05) is 17.8 Å². The predicted octanol–water partition coefficient (Wildman–Crippen LogP) is 2.87. The second-order valence-electron chi connectivity index (χ2n) is 3.49. The van der Waals surface area contributed by atoms with Crippen molar-refractivity contribution in [1.29, 1.82) is 0 Å². The Kier molecular flexibility index (Phi) is 3.65. The normalized spacial score (nSPS) is 10.2. The Hall–Kier alpha value is -1.97. The van der Waals surface area contributed by atoms with Crippen LogP contribution in [-0.4, -0.2) is 23.4 Å². The summed E-state index contributed by atoms with van der Waals surface area (Å²) in [5.74, 6) is 1.63. The fourth-order valence-electron chi connectivity index (χ4n) is 1.66. The van der Waals surface area contributed by atoms with Crippen LogP contribution >= 0.6 is 0 Å². The summed E-state index contributed by atoms with van der Waals surface area (Å²) in [7, 11) is 0. The molecule has 2 rings (SSSR count). The first-order valence-electron chi connectivity index (χ1n) is 5.74. The van der Waals surface area contributed by atoms with Crippen molar-refractivity contribution in [3.8, 4) is 22.8 Å². The van der Waals surface area contributed by atoms with Gasteiger partial charge in [-0.3, -0.25) is 5.10 Å². The van der Waals surface area contributed by atoms with Gasteiger partial charge >= 0.3 is 0 Å². The number of hydrogen-bond donors (Lipinski definition) is 1. The lowest BCUT2D eigenvalue weighted by atomic mass is 10.1. The number of H-pyrrole nitrogens is 1. The SMILES string of the molecule is CCOc1ccc(-c2ccn[nH]2)c(OCC)c1. The lowest BCUT2D eigenvalue weighted by molar-refractivity contribution is 0.324. The molecule has 0 atom stereocenters. The zero-order valence-corrected chi connectivity index (χ0v) is 10.1. The van der Waals surface area contributed by atoms with Crippen molar-refractivity contribution in [1.82, 2.24) is 10.2 Å². The maximum absolute atomic E-state index is 5.62. The Morgan fingerprint density at radius 1 is 1.12 bits per heavy atom. The summed E-state index contributed by atoms with van der Waals surface area (Å²) >= 11 is 0. The van der Waals surface area contributed by atoms with Crippen LogP contribution in [0, 0.1) is 0 Å². The highest BCUT2D eigenvalue weighted by Gasteiger charge is 2.08. The van der Waals surface area contributed by atoms with E-state index >= 15 is 0 Å². The molecule has 0 aliphatic rings. The summed E-state index contributed by atoms with van der Waals surface area (Å²) in [6.07, 6.45) is 1.72. The van der Waals surface area contributed by atoms with Crippen LogP contribution in [0.3, 0.4) is 0 Å². The zero-order valence-electron chi connectivity index (χ0n) is 10.1. The Labute approximate surface area is 101 Å². The molecular weight excluding hydrogens is 216 g/mol. The largest absolute Gasteiger partial charge is 0.494 e. The molecule has 90 valence electrons. The van der Waals surface area contributed by atoms with E-state index in [9.17, 15) is 0 Å². The van der Waals surface area contributed by atoms with Gasteiger partial charge in [-0.15, -0.1) is 0 Å². The van der Waals surface area contributed by atoms with Crippen LogP contribution in [-0.2, 0) is 0 Å². The Morgan fingerprint density at radius 3 is 2.59 bits per heavy atom. The maximum atomic E-state index is 5.62. The molecule has 0 unspecified atom stereocenters. The van der Waals surface area contributed by atoms with Gasteiger partial charge in [0.1, 0.15) is 11.5 Å². The van der Waals surface area contributed by atoms with Gasteiger partial charge in [-0.05, 0) is 32.0 Å². The van der Waals surface area contributed by atoms with Gasteiger partial charge in [-0.25, -0.2) is 0 Å². The van der Waals surface area contributed by atoms with Gasteiger partial charge in [0.25, 0.3) is 0 Å². The average molecular weight is 232 g/mol. The second-order valence-corrected chi connectivity index (χ2v) is 3.49. The highest BCUT2D eigenvalue weighted by atomic mass is 16.5. The summed E-state index contributed by atoms with van der Waals surface area (Å²) in [4.78, 5) is 0. The molecule has 4 nitrogen and oxygen atoms in total. The van der Waals surface area contributed by atoms with E-state index < -0.39 is 0 Å². The van der Waals surface area contributed by atoms with E-state index in [-0.39, 0.29) is 0 Å². The molecule has 1 N–H and O–H groups in total. The minimum atomic E-state index is 0.622. The lowest BCUT2D eigenvalue weighted by Crippen LogP contribution is -1.97. The van der Waals surface area contributed by atoms with Crippen molar-refractivity contribution in [2.75, 3.05) is 13.2 Å². The predicted molar refractivity (Wildman–Crippen MR) is 66.4 cm³/mol. The van der Waals surface area contributed by atoms with Crippen molar-refractivity contribution < 1.29 is 9.47 Å². The third-order valence-corrected chi connectivity index (χ3v) is 2.35. The smallest absolute Gasteiger partial charge is 0.132 e. The number of aromatic nitrogens is 2. The molecule has 0 saturated carbocycles. The molecule has 0 aliphatic heterocycles. The zero-order chi connectivity index (χ0) is 12.1. The average Bonchev–Trinajstić information content (AvgIpc) is 2.84. The van der Waals surface area contributed by atoms with Gasteiger partial charge in [-0.2, -0.15) is 5.10 Å². The molecule has 1 aromatic carbocycles. The van der Waals surface area contributed by atoms with Crippen LogP contribution in [0.1, 0.15) is 13.8 Å². The number of aromatic amines is 1. The van der Waals surface area contributed by atoms with Crippen molar-refractivity contribution in [2.45, 2.75) is 13.8 Å². The van der Waals surface area contributed by atoms with E-state index in [0.29, 0.717) is 13.2 Å². The molecule has 0 fully saturated rings. The molecule has 0 spiro atoms. The molecule has 0 radical (unpaired) electrons. The van der Waals surface area contributed by atoms with Crippen LogP contribution in [0.25, 0.3) is 11.3 Å². The summed E-state index contributed by atoms with van der Waals surface area (Å²) in [6, 6.07) is 7.73. The number of hydrogen-bond acceptors (Lipinski definition) is 3. The van der Waals surface area contributed by atoms with E-state index in [1.807, 2.05) is 38.1 Å². The van der Waals surface area contributed by atoms with E-state index in [2.05, 4.69) is 10.2 Å². The quantitative estimate of drug-likeness (QED) is 0.862. The first-order valence-corrected chi connectivity index (χ1v) is 5.74. The highest BCUT2D eigenvalue weighted by Crippen LogP contribution is 2.32. The van der Waals surface area contributed by atoms with E-state index in [4.69, 9.17) is 9.47 Å². The molecule has 0 bridgehead atoms. The second kappa shape index (κ2) is 5.39. The van der Waals surface area contributed by atoms with Crippen LogP contribution in [0.4, 0.5) is 0 Å². The fraction of sp³-hybridized carbons (Fsp3) is 0.308. The first-order chi connectivity index (χ1) is 8.35. The summed E-state index contributed by atoms with van der Waals surface area (Å²) < 4.78 is 11.1. The highest BCUT2D eigenvalue weighted by molar-refractivity contribution is 5.68. The topological polar surface area (TPSA) is 47.1 Å². The third kappa shape index (κ3) is 2.58. The number of nitrogens with one attached hydrogen (secondary N) is 1. The van der Waals surface area contributed by atoms with E-state index in [0.717, 1.165) is 22.8 Å².